The lowest BCUT2D eigenvalue weighted by Gasteiger charge is -2.31. The van der Waals surface area contributed by atoms with Crippen LogP contribution in [0.15, 0.2) is 48.9 Å². The van der Waals surface area contributed by atoms with Crippen LogP contribution in [0.1, 0.15) is 22.8 Å². The van der Waals surface area contributed by atoms with E-state index in [9.17, 15) is 22.8 Å². The highest BCUT2D eigenvalue weighted by molar-refractivity contribution is 6.10. The van der Waals surface area contributed by atoms with E-state index >= 15 is 4.39 Å². The van der Waals surface area contributed by atoms with E-state index in [0.29, 0.717) is 28.0 Å². The molecule has 4 heterocycles. The van der Waals surface area contributed by atoms with Crippen LogP contribution < -0.4 is 5.73 Å². The summed E-state index contributed by atoms with van der Waals surface area (Å²) in [5.41, 5.74) is 7.19. The van der Waals surface area contributed by atoms with Crippen LogP contribution in [-0.4, -0.2) is 58.4 Å². The maximum absolute atomic E-state index is 15.1. The zero-order chi connectivity index (χ0) is 28.9. The molecule has 40 heavy (non-hydrogen) atoms. The fourth-order valence-electron chi connectivity index (χ4n) is 4.22. The molecule has 0 atom stereocenters. The number of anilines is 1. The first-order valence-corrected chi connectivity index (χ1v) is 11.7. The van der Waals surface area contributed by atoms with Gasteiger partial charge in [0.2, 0.25) is 11.9 Å². The number of hydrogen-bond acceptors (Lipinski definition) is 7. The Morgan fingerprint density at radius 3 is 2.45 bits per heavy atom. The lowest BCUT2D eigenvalue weighted by atomic mass is 10.1. The van der Waals surface area contributed by atoms with Crippen LogP contribution in [-0.2, 0) is 24.7 Å². The smallest absolute Gasteiger partial charge is 0.383 e. The summed E-state index contributed by atoms with van der Waals surface area (Å²) in [4.78, 5) is 34.0. The van der Waals surface area contributed by atoms with Crippen LogP contribution in [0.4, 0.5) is 23.4 Å². The molecule has 0 aliphatic carbocycles. The molecule has 1 aromatic carbocycles. The number of aryl methyl sites for hydroxylation is 1. The van der Waals surface area contributed by atoms with Crippen molar-refractivity contribution < 1.29 is 27.2 Å². The third kappa shape index (κ3) is 4.65. The molecule has 0 aliphatic rings. The Hall–Kier alpha value is -5.08. The third-order valence-electron chi connectivity index (χ3n) is 6.39. The minimum absolute atomic E-state index is 0.0524. The number of halogens is 4. The summed E-state index contributed by atoms with van der Waals surface area (Å²) in [5.74, 6) is -1.87. The topological polar surface area (TPSA) is 128 Å². The highest BCUT2D eigenvalue weighted by Crippen LogP contribution is 2.29. The van der Waals surface area contributed by atoms with Gasteiger partial charge in [-0.05, 0) is 24.3 Å². The van der Waals surface area contributed by atoms with Crippen LogP contribution in [0.5, 0.6) is 0 Å². The molecule has 0 fully saturated rings. The normalized spacial score (nSPS) is 11.8. The summed E-state index contributed by atoms with van der Waals surface area (Å²) in [6.45, 7) is 0.845. The number of nitrogens with two attached hydrogens (primary N) is 1. The maximum Gasteiger partial charge on any atom is 0.504 e. The van der Waals surface area contributed by atoms with E-state index in [1.54, 1.807) is 30.1 Å². The third-order valence-corrected chi connectivity index (χ3v) is 6.39. The van der Waals surface area contributed by atoms with Gasteiger partial charge in [-0.1, -0.05) is 6.07 Å². The Kier molecular flexibility index (Phi) is 6.36. The van der Waals surface area contributed by atoms with Crippen molar-refractivity contribution in [2.24, 2.45) is 7.05 Å². The number of carbonyl (C=O) groups excluding carboxylic acids is 2. The van der Waals surface area contributed by atoms with E-state index < -0.39 is 30.6 Å². The molecule has 206 valence electrons. The first kappa shape index (κ1) is 26.5. The fraction of sp³-hybridized carbons (Fsp3) is 0.200. The predicted octanol–water partition coefficient (Wildman–Crippen LogP) is 3.61. The van der Waals surface area contributed by atoms with Gasteiger partial charge < -0.3 is 5.73 Å². The number of hydrazine groups is 1. The summed E-state index contributed by atoms with van der Waals surface area (Å²) in [7, 11) is 3.08. The lowest BCUT2D eigenvalue weighted by Crippen LogP contribution is -2.46. The Morgan fingerprint density at radius 2 is 1.80 bits per heavy atom. The zero-order valence-electron chi connectivity index (χ0n) is 21.3. The van der Waals surface area contributed by atoms with Gasteiger partial charge in [0, 0.05) is 49.3 Å². The van der Waals surface area contributed by atoms with Crippen LogP contribution >= 0.6 is 0 Å². The average molecular weight is 555 g/mol. The van der Waals surface area contributed by atoms with Crippen molar-refractivity contribution >= 4 is 39.4 Å². The quantitative estimate of drug-likeness (QED) is 0.204. The number of carbonyl (C=O) groups is 2. The number of rotatable bonds is 4. The van der Waals surface area contributed by atoms with E-state index in [-0.39, 0.29) is 32.9 Å². The minimum Gasteiger partial charge on any atom is -0.383 e. The van der Waals surface area contributed by atoms with E-state index in [1.165, 1.54) is 32.2 Å². The summed E-state index contributed by atoms with van der Waals surface area (Å²) < 4.78 is 55.1. The Bertz CT molecular complexity index is 1790. The largest absolute Gasteiger partial charge is 0.504 e. The molecule has 0 saturated heterocycles. The van der Waals surface area contributed by atoms with Crippen LogP contribution in [0.25, 0.3) is 33.1 Å². The molecule has 2 amide bonds. The summed E-state index contributed by atoms with van der Waals surface area (Å²) >= 11 is 0. The van der Waals surface area contributed by atoms with Gasteiger partial charge in [-0.3, -0.25) is 19.3 Å². The second-order valence-electron chi connectivity index (χ2n) is 8.95. The number of benzene rings is 1. The first-order valence-electron chi connectivity index (χ1n) is 11.7. The lowest BCUT2D eigenvalue weighted by molar-refractivity contribution is -0.212. The number of nitrogens with zero attached hydrogens (tertiary/aromatic N) is 8. The molecule has 5 aromatic rings. The number of hydrogen-bond donors (Lipinski definition) is 1. The molecule has 0 aliphatic heterocycles. The monoisotopic (exact) mass is 555 g/mol. The number of pyridine rings is 2. The van der Waals surface area contributed by atoms with Gasteiger partial charge in [0.15, 0.2) is 0 Å². The number of amides is 2. The SMILES string of the molecule is CC(=O)N(C)N(Cc1ccc(-c2cnn(C(F)(F)F)c2)nc1F)C(=O)c1ccc2nc(N)c3cnn(C)c3c2c1. The number of aromatic nitrogens is 6. The second-order valence-corrected chi connectivity index (χ2v) is 8.95. The number of nitrogen functional groups attached to an aromatic ring is 1. The number of fused-ring (bicyclic) bond motifs is 3. The van der Waals surface area contributed by atoms with Crippen molar-refractivity contribution in [3.8, 4) is 11.3 Å². The highest BCUT2D eigenvalue weighted by Gasteiger charge is 2.32. The standard InChI is InChI=1S/C25H21F4N9O2/c1-13(39)36(3)37(11-15-5-6-19(33-22(15)26)16-9-32-38(12-16)25(27,28)29)24(40)14-4-7-20-17(8-14)21-18(23(30)34-20)10-31-35(21)2/h4-10,12H,11H2,1-3H3,(H2,30,34). The molecule has 2 N–H and O–H groups in total. The van der Waals surface area contributed by atoms with Gasteiger partial charge in [-0.2, -0.15) is 19.3 Å². The van der Waals surface area contributed by atoms with Gasteiger partial charge in [-0.15, -0.1) is 13.2 Å². The van der Waals surface area contributed by atoms with Crippen molar-refractivity contribution in [3.05, 3.63) is 66.0 Å². The molecule has 0 unspecified atom stereocenters. The first-order chi connectivity index (χ1) is 18.8. The van der Waals surface area contributed by atoms with Crippen molar-refractivity contribution in [1.29, 1.82) is 0 Å². The van der Waals surface area contributed by atoms with Crippen molar-refractivity contribution in [2.75, 3.05) is 12.8 Å². The molecule has 0 spiro atoms. The molecular formula is C25H21F4N9O2. The van der Waals surface area contributed by atoms with E-state index in [4.69, 9.17) is 5.73 Å². The van der Waals surface area contributed by atoms with E-state index in [1.807, 2.05) is 0 Å². The molecule has 0 saturated carbocycles. The van der Waals surface area contributed by atoms with Gasteiger partial charge in [0.25, 0.3) is 5.91 Å². The van der Waals surface area contributed by atoms with Crippen LogP contribution in [0, 0.1) is 5.95 Å². The summed E-state index contributed by atoms with van der Waals surface area (Å²) in [5, 5.41) is 10.7. The van der Waals surface area contributed by atoms with Gasteiger partial charge >= 0.3 is 6.30 Å². The number of alkyl halides is 3. The van der Waals surface area contributed by atoms with Gasteiger partial charge in [0.05, 0.1) is 41.1 Å². The second kappa shape index (κ2) is 9.59. The van der Waals surface area contributed by atoms with Crippen molar-refractivity contribution in [1.82, 2.24) is 39.5 Å². The highest BCUT2D eigenvalue weighted by atomic mass is 19.4. The fourth-order valence-corrected chi connectivity index (χ4v) is 4.22. The van der Waals surface area contributed by atoms with Crippen molar-refractivity contribution in [3.63, 3.8) is 0 Å². The maximum atomic E-state index is 15.1. The average Bonchev–Trinajstić information content (AvgIpc) is 3.55. The Morgan fingerprint density at radius 1 is 1.05 bits per heavy atom. The zero-order valence-corrected chi connectivity index (χ0v) is 21.3. The molecule has 0 radical (unpaired) electrons. The Labute approximate surface area is 223 Å². The molecule has 0 bridgehead atoms. The van der Waals surface area contributed by atoms with E-state index in [2.05, 4.69) is 20.2 Å². The van der Waals surface area contributed by atoms with Crippen LogP contribution in [0.2, 0.25) is 0 Å². The molecule has 5 rings (SSSR count). The predicted molar refractivity (Wildman–Crippen MR) is 135 cm³/mol. The van der Waals surface area contributed by atoms with Crippen LogP contribution in [0.3, 0.4) is 0 Å². The molecule has 4 aromatic heterocycles. The summed E-state index contributed by atoms with van der Waals surface area (Å²) in [6, 6.07) is 7.29. The van der Waals surface area contributed by atoms with Crippen molar-refractivity contribution in [2.45, 2.75) is 19.8 Å². The molecule has 15 heteroatoms. The van der Waals surface area contributed by atoms with Gasteiger partial charge in [-0.25, -0.2) is 15.0 Å². The van der Waals surface area contributed by atoms with E-state index in [0.717, 1.165) is 16.2 Å². The molecule has 11 nitrogen and oxygen atoms in total. The van der Waals surface area contributed by atoms with Gasteiger partial charge in [0.1, 0.15) is 5.82 Å². The Balaban J connectivity index is 1.50. The molecular weight excluding hydrogens is 534 g/mol. The summed E-state index contributed by atoms with van der Waals surface area (Å²) in [6.07, 6.45) is -1.57. The minimum atomic E-state index is -4.73.